The van der Waals surface area contributed by atoms with Gasteiger partial charge in [-0.05, 0) is 42.7 Å². The van der Waals surface area contributed by atoms with E-state index < -0.39 is 11.7 Å². The molecule has 2 aliphatic heterocycles. The number of alkyl halides is 3. The first kappa shape index (κ1) is 22.6. The third kappa shape index (κ3) is 4.60. The molecule has 0 aliphatic carbocycles. The lowest BCUT2D eigenvalue weighted by Gasteiger charge is -2.32. The quantitative estimate of drug-likeness (QED) is 0.450. The van der Waals surface area contributed by atoms with Gasteiger partial charge in [-0.2, -0.15) is 13.2 Å². The largest absolute Gasteiger partial charge is 0.456 e. The van der Waals surface area contributed by atoms with Gasteiger partial charge in [0.1, 0.15) is 17.3 Å². The van der Waals surface area contributed by atoms with E-state index in [-0.39, 0.29) is 11.2 Å². The predicted molar refractivity (Wildman–Crippen MR) is 119 cm³/mol. The third-order valence-electron chi connectivity index (χ3n) is 6.26. The smallest absolute Gasteiger partial charge is 0.416 e. The zero-order valence-electron chi connectivity index (χ0n) is 18.7. The zero-order valence-corrected chi connectivity index (χ0v) is 18.7. The first-order valence-corrected chi connectivity index (χ1v) is 11.0. The van der Waals surface area contributed by atoms with Crippen LogP contribution >= 0.6 is 0 Å². The highest BCUT2D eigenvalue weighted by Crippen LogP contribution is 2.48. The van der Waals surface area contributed by atoms with Crippen molar-refractivity contribution >= 4 is 11.4 Å². The minimum absolute atomic E-state index is 0.244. The second-order valence-electron chi connectivity index (χ2n) is 9.55. The molecule has 0 radical (unpaired) electrons. The van der Waals surface area contributed by atoms with Crippen molar-refractivity contribution in [2.45, 2.75) is 46.2 Å². The number of likely N-dealkylation sites (tertiary alicyclic amines) is 1. The molecule has 170 valence electrons. The maximum atomic E-state index is 13.4. The monoisotopic (exact) mass is 443 g/mol. The van der Waals surface area contributed by atoms with Crippen LogP contribution in [-0.4, -0.2) is 30.3 Å². The van der Waals surface area contributed by atoms with Crippen molar-refractivity contribution in [2.75, 3.05) is 19.6 Å². The van der Waals surface area contributed by atoms with Gasteiger partial charge in [-0.3, -0.25) is 4.79 Å². The van der Waals surface area contributed by atoms with Crippen molar-refractivity contribution in [1.82, 2.24) is 4.90 Å². The Bertz CT molecular complexity index is 1050. The number of fused-ring (bicyclic) bond motifs is 2. The molecule has 0 saturated carbocycles. The molecule has 0 N–H and O–H groups in total. The molecule has 0 atom stereocenters. The summed E-state index contributed by atoms with van der Waals surface area (Å²) >= 11 is 0. The number of ether oxygens (including phenoxy) is 1. The molecular weight excluding hydrogens is 415 g/mol. The number of nitrogens with zero attached hydrogens (tertiary/aromatic N) is 1. The topological polar surface area (TPSA) is 29.5 Å². The Morgan fingerprint density at radius 1 is 0.969 bits per heavy atom. The fourth-order valence-corrected chi connectivity index (χ4v) is 4.33. The Morgan fingerprint density at radius 3 is 2.28 bits per heavy atom. The van der Waals surface area contributed by atoms with Crippen molar-refractivity contribution in [3.63, 3.8) is 0 Å². The lowest BCUT2D eigenvalue weighted by atomic mass is 9.85. The molecule has 32 heavy (non-hydrogen) atoms. The van der Waals surface area contributed by atoms with E-state index in [1.807, 2.05) is 45.0 Å². The van der Waals surface area contributed by atoms with Gasteiger partial charge in [0.2, 0.25) is 0 Å². The van der Waals surface area contributed by atoms with E-state index in [4.69, 9.17) is 4.74 Å². The van der Waals surface area contributed by atoms with Gasteiger partial charge in [-0.25, -0.2) is 0 Å². The van der Waals surface area contributed by atoms with Gasteiger partial charge in [0, 0.05) is 42.6 Å². The van der Waals surface area contributed by atoms with Crippen LogP contribution in [0.25, 0.3) is 5.57 Å². The van der Waals surface area contributed by atoms with Crippen LogP contribution in [0.5, 0.6) is 11.5 Å². The molecule has 6 heteroatoms. The number of benzene rings is 2. The molecule has 4 rings (SSSR count). The summed E-state index contributed by atoms with van der Waals surface area (Å²) in [5.74, 6) is 1.37. The molecular formula is C26H28F3NO2. The highest BCUT2D eigenvalue weighted by molar-refractivity contribution is 5.90. The van der Waals surface area contributed by atoms with Crippen LogP contribution in [-0.2, 0) is 11.0 Å². The van der Waals surface area contributed by atoms with Crippen LogP contribution in [0.15, 0.2) is 48.0 Å². The molecule has 0 unspecified atom stereocenters. The summed E-state index contributed by atoms with van der Waals surface area (Å²) in [7, 11) is 0. The molecule has 1 fully saturated rings. The van der Waals surface area contributed by atoms with Gasteiger partial charge in [0.05, 0.1) is 5.56 Å². The Hall–Kier alpha value is -2.60. The molecule has 0 amide bonds. The SMILES string of the molecule is CC(C)(C)C(=O)CCN1CCC(=C2c3ccccc3Oc3ccc(C(F)(F)F)cc32)CC1. The van der Waals surface area contributed by atoms with Gasteiger partial charge < -0.3 is 9.64 Å². The van der Waals surface area contributed by atoms with Crippen LogP contribution < -0.4 is 4.74 Å². The number of piperidine rings is 1. The summed E-state index contributed by atoms with van der Waals surface area (Å²) in [6, 6.07) is 11.2. The van der Waals surface area contributed by atoms with Gasteiger partial charge in [-0.15, -0.1) is 0 Å². The van der Waals surface area contributed by atoms with Gasteiger partial charge >= 0.3 is 6.18 Å². The molecule has 0 aromatic heterocycles. The summed E-state index contributed by atoms with van der Waals surface area (Å²) in [6.07, 6.45) is -2.39. The zero-order chi connectivity index (χ0) is 23.1. The lowest BCUT2D eigenvalue weighted by Crippen LogP contribution is -2.34. The number of hydrogen-bond acceptors (Lipinski definition) is 3. The second-order valence-corrected chi connectivity index (χ2v) is 9.55. The molecule has 3 nitrogen and oxygen atoms in total. The second kappa shape index (κ2) is 8.39. The summed E-state index contributed by atoms with van der Waals surface area (Å²) in [5, 5.41) is 0. The predicted octanol–water partition coefficient (Wildman–Crippen LogP) is 6.71. The first-order chi connectivity index (χ1) is 15.0. The number of carbonyl (C=O) groups excluding carboxylic acids is 1. The van der Waals surface area contributed by atoms with Crippen molar-refractivity contribution in [3.05, 3.63) is 64.7 Å². The lowest BCUT2D eigenvalue weighted by molar-refractivity contribution is -0.137. The van der Waals surface area contributed by atoms with Crippen LogP contribution in [0, 0.1) is 5.41 Å². The molecule has 0 bridgehead atoms. The molecule has 2 heterocycles. The molecule has 2 aliphatic rings. The maximum absolute atomic E-state index is 13.4. The molecule has 0 spiro atoms. The van der Waals surface area contributed by atoms with E-state index in [1.54, 1.807) is 0 Å². The first-order valence-electron chi connectivity index (χ1n) is 11.0. The Balaban J connectivity index is 1.63. The van der Waals surface area contributed by atoms with Crippen LogP contribution in [0.3, 0.4) is 0 Å². The summed E-state index contributed by atoms with van der Waals surface area (Å²) in [4.78, 5) is 14.5. The van der Waals surface area contributed by atoms with Gasteiger partial charge in [0.15, 0.2) is 0 Å². The molecule has 2 aromatic carbocycles. The van der Waals surface area contributed by atoms with Crippen molar-refractivity contribution < 1.29 is 22.7 Å². The number of hydrogen-bond donors (Lipinski definition) is 0. The minimum Gasteiger partial charge on any atom is -0.456 e. The number of halogens is 3. The van der Waals surface area contributed by atoms with Crippen molar-refractivity contribution in [3.8, 4) is 11.5 Å². The fourth-order valence-electron chi connectivity index (χ4n) is 4.33. The standard InChI is InChI=1S/C26H28F3NO2/c1-25(2,3)23(31)12-15-30-13-10-17(11-14-30)24-19-6-4-5-7-21(19)32-22-9-8-18(16-20(22)24)26(27,28)29/h4-9,16H,10-15H2,1-3H3. The fraction of sp³-hybridized carbons (Fsp3) is 0.423. The Morgan fingerprint density at radius 2 is 1.62 bits per heavy atom. The highest BCUT2D eigenvalue weighted by atomic mass is 19.4. The number of carbonyl (C=O) groups is 1. The Kier molecular flexibility index (Phi) is 5.93. The number of Topliss-reactive ketones (excluding diaryl/α,β-unsaturated/α-hetero) is 1. The summed E-state index contributed by atoms with van der Waals surface area (Å²) < 4.78 is 46.2. The normalized spacial score (nSPS) is 16.9. The van der Waals surface area contributed by atoms with Crippen LogP contribution in [0.2, 0.25) is 0 Å². The van der Waals surface area contributed by atoms with E-state index >= 15 is 0 Å². The third-order valence-corrected chi connectivity index (χ3v) is 6.26. The van der Waals surface area contributed by atoms with Crippen molar-refractivity contribution in [2.24, 2.45) is 5.41 Å². The summed E-state index contributed by atoms with van der Waals surface area (Å²) in [5.41, 5.74) is 2.33. The van der Waals surface area contributed by atoms with Crippen molar-refractivity contribution in [1.29, 1.82) is 0 Å². The Labute approximate surface area is 186 Å². The van der Waals surface area contributed by atoms with E-state index in [2.05, 4.69) is 4.90 Å². The van der Waals surface area contributed by atoms with E-state index in [9.17, 15) is 18.0 Å². The van der Waals surface area contributed by atoms with Gasteiger partial charge in [-0.1, -0.05) is 44.5 Å². The summed E-state index contributed by atoms with van der Waals surface area (Å²) in [6.45, 7) is 8.09. The highest BCUT2D eigenvalue weighted by Gasteiger charge is 2.34. The number of rotatable bonds is 3. The number of para-hydroxylation sites is 1. The maximum Gasteiger partial charge on any atom is 0.416 e. The van der Waals surface area contributed by atoms with E-state index in [1.165, 1.54) is 12.1 Å². The van der Waals surface area contributed by atoms with E-state index in [0.29, 0.717) is 30.0 Å². The number of ketones is 1. The van der Waals surface area contributed by atoms with E-state index in [0.717, 1.165) is 48.7 Å². The van der Waals surface area contributed by atoms with Crippen LogP contribution in [0.1, 0.15) is 56.7 Å². The minimum atomic E-state index is -4.41. The van der Waals surface area contributed by atoms with Gasteiger partial charge in [0.25, 0.3) is 0 Å². The average molecular weight is 444 g/mol. The van der Waals surface area contributed by atoms with Crippen LogP contribution in [0.4, 0.5) is 13.2 Å². The molecule has 2 aromatic rings. The molecule has 1 saturated heterocycles. The average Bonchev–Trinajstić information content (AvgIpc) is 2.74.